The van der Waals surface area contributed by atoms with Gasteiger partial charge in [0.1, 0.15) is 5.75 Å². The predicted octanol–water partition coefficient (Wildman–Crippen LogP) is 3.37. The summed E-state index contributed by atoms with van der Waals surface area (Å²) in [6.07, 6.45) is 1.85. The summed E-state index contributed by atoms with van der Waals surface area (Å²) in [6.45, 7) is 5.89. The smallest absolute Gasteiger partial charge is 0.124 e. The van der Waals surface area contributed by atoms with Gasteiger partial charge in [-0.15, -0.1) is 0 Å². The van der Waals surface area contributed by atoms with Gasteiger partial charge in [0.15, 0.2) is 0 Å². The van der Waals surface area contributed by atoms with Crippen molar-refractivity contribution in [3.63, 3.8) is 0 Å². The van der Waals surface area contributed by atoms with E-state index in [0.29, 0.717) is 0 Å². The largest absolute Gasteiger partial charge is 0.496 e. The minimum Gasteiger partial charge on any atom is -0.496 e. The zero-order valence-electron chi connectivity index (χ0n) is 12.1. The van der Waals surface area contributed by atoms with E-state index in [1.54, 1.807) is 7.11 Å². The van der Waals surface area contributed by atoms with Gasteiger partial charge in [-0.3, -0.25) is 4.68 Å². The summed E-state index contributed by atoms with van der Waals surface area (Å²) in [4.78, 5) is 0. The average molecular weight is 338 g/mol. The first kappa shape index (κ1) is 15.1. The molecule has 5 heteroatoms. The number of aryl methyl sites for hydroxylation is 1. The highest BCUT2D eigenvalue weighted by Crippen LogP contribution is 2.33. The van der Waals surface area contributed by atoms with Crippen molar-refractivity contribution in [3.8, 4) is 5.75 Å². The van der Waals surface area contributed by atoms with Crippen LogP contribution in [-0.4, -0.2) is 23.4 Å². The van der Waals surface area contributed by atoms with Gasteiger partial charge < -0.3 is 10.1 Å². The van der Waals surface area contributed by atoms with Crippen LogP contribution >= 0.6 is 15.9 Å². The highest BCUT2D eigenvalue weighted by Gasteiger charge is 2.23. The van der Waals surface area contributed by atoms with Gasteiger partial charge in [-0.2, -0.15) is 5.10 Å². The first-order valence-corrected chi connectivity index (χ1v) is 7.59. The molecule has 1 heterocycles. The van der Waals surface area contributed by atoms with Crippen LogP contribution in [0.3, 0.4) is 0 Å². The van der Waals surface area contributed by atoms with Gasteiger partial charge in [0.2, 0.25) is 0 Å². The number of benzene rings is 1. The molecule has 1 atom stereocenters. The van der Waals surface area contributed by atoms with E-state index in [2.05, 4.69) is 46.3 Å². The van der Waals surface area contributed by atoms with Crippen LogP contribution in [0.25, 0.3) is 0 Å². The van der Waals surface area contributed by atoms with Crippen molar-refractivity contribution in [2.45, 2.75) is 26.4 Å². The van der Waals surface area contributed by atoms with Crippen molar-refractivity contribution >= 4 is 15.9 Å². The van der Waals surface area contributed by atoms with Crippen LogP contribution in [0.5, 0.6) is 5.75 Å². The fraction of sp³-hybridized carbons (Fsp3) is 0.400. The standard InChI is InChI=1S/C15H20BrN3O/c1-4-17-14(11-8-6-7-9-13(11)20-3)15-12(16)10-18-19(15)5-2/h6-10,14,17H,4-5H2,1-3H3. The van der Waals surface area contributed by atoms with E-state index in [4.69, 9.17) is 4.74 Å². The van der Waals surface area contributed by atoms with Gasteiger partial charge in [-0.05, 0) is 35.5 Å². The van der Waals surface area contributed by atoms with Gasteiger partial charge in [0, 0.05) is 12.1 Å². The average Bonchev–Trinajstić information content (AvgIpc) is 2.85. The Kier molecular flexibility index (Phi) is 5.20. The Hall–Kier alpha value is -1.33. The number of nitrogens with zero attached hydrogens (tertiary/aromatic N) is 2. The number of rotatable bonds is 6. The molecule has 0 saturated heterocycles. The van der Waals surface area contributed by atoms with Gasteiger partial charge in [-0.25, -0.2) is 0 Å². The summed E-state index contributed by atoms with van der Waals surface area (Å²) in [5.74, 6) is 0.884. The van der Waals surface area contributed by atoms with Crippen molar-refractivity contribution < 1.29 is 4.74 Å². The van der Waals surface area contributed by atoms with E-state index >= 15 is 0 Å². The zero-order chi connectivity index (χ0) is 14.5. The third-order valence-electron chi connectivity index (χ3n) is 3.26. The van der Waals surface area contributed by atoms with Crippen molar-refractivity contribution in [1.29, 1.82) is 0 Å². The van der Waals surface area contributed by atoms with E-state index in [1.807, 2.05) is 29.1 Å². The topological polar surface area (TPSA) is 39.1 Å². The molecule has 20 heavy (non-hydrogen) atoms. The number of ether oxygens (including phenoxy) is 1. The molecule has 0 amide bonds. The number of halogens is 1. The molecule has 0 fully saturated rings. The molecule has 0 aliphatic heterocycles. The highest BCUT2D eigenvalue weighted by molar-refractivity contribution is 9.10. The lowest BCUT2D eigenvalue weighted by Crippen LogP contribution is -2.25. The molecule has 4 nitrogen and oxygen atoms in total. The van der Waals surface area contributed by atoms with Crippen LogP contribution in [0.15, 0.2) is 34.9 Å². The molecule has 0 radical (unpaired) electrons. The Morgan fingerprint density at radius 3 is 2.75 bits per heavy atom. The molecule has 1 aromatic carbocycles. The molecule has 0 bridgehead atoms. The Morgan fingerprint density at radius 2 is 2.10 bits per heavy atom. The highest BCUT2D eigenvalue weighted by atomic mass is 79.9. The zero-order valence-corrected chi connectivity index (χ0v) is 13.6. The molecule has 0 saturated carbocycles. The molecule has 0 spiro atoms. The van der Waals surface area contributed by atoms with E-state index in [1.165, 1.54) is 0 Å². The lowest BCUT2D eigenvalue weighted by molar-refractivity contribution is 0.402. The van der Waals surface area contributed by atoms with Gasteiger partial charge >= 0.3 is 0 Å². The number of nitrogens with one attached hydrogen (secondary N) is 1. The molecular weight excluding hydrogens is 318 g/mol. The molecule has 108 valence electrons. The van der Waals surface area contributed by atoms with Gasteiger partial charge in [-0.1, -0.05) is 25.1 Å². The molecule has 2 rings (SSSR count). The summed E-state index contributed by atoms with van der Waals surface area (Å²) in [5, 5.41) is 7.93. The minimum absolute atomic E-state index is 0.0491. The second-order valence-corrected chi connectivity index (χ2v) is 5.28. The van der Waals surface area contributed by atoms with Crippen LogP contribution < -0.4 is 10.1 Å². The molecule has 1 N–H and O–H groups in total. The van der Waals surface area contributed by atoms with Crippen molar-refractivity contribution in [3.05, 3.63) is 46.2 Å². The molecular formula is C15H20BrN3O. The van der Waals surface area contributed by atoms with Crippen LogP contribution in [0.1, 0.15) is 31.1 Å². The van der Waals surface area contributed by atoms with Crippen LogP contribution in [0.4, 0.5) is 0 Å². The molecule has 1 aromatic heterocycles. The maximum Gasteiger partial charge on any atom is 0.124 e. The summed E-state index contributed by atoms with van der Waals surface area (Å²) in [6, 6.07) is 8.14. The van der Waals surface area contributed by atoms with Crippen molar-refractivity contribution in [1.82, 2.24) is 15.1 Å². The third-order valence-corrected chi connectivity index (χ3v) is 3.88. The molecule has 2 aromatic rings. The molecule has 0 aliphatic carbocycles. The SMILES string of the molecule is CCNC(c1ccccc1OC)c1c(Br)cnn1CC. The lowest BCUT2D eigenvalue weighted by Gasteiger charge is -2.22. The minimum atomic E-state index is 0.0491. The van der Waals surface area contributed by atoms with E-state index in [9.17, 15) is 0 Å². The summed E-state index contributed by atoms with van der Waals surface area (Å²) in [7, 11) is 1.70. The van der Waals surface area contributed by atoms with E-state index < -0.39 is 0 Å². The fourth-order valence-electron chi connectivity index (χ4n) is 2.37. The first-order valence-electron chi connectivity index (χ1n) is 6.80. The number of para-hydroxylation sites is 1. The Labute approximate surface area is 128 Å². The fourth-order valence-corrected chi connectivity index (χ4v) is 2.90. The number of methoxy groups -OCH3 is 1. The first-order chi connectivity index (χ1) is 9.72. The molecule has 0 aliphatic rings. The second-order valence-electron chi connectivity index (χ2n) is 4.43. The van der Waals surface area contributed by atoms with Crippen LogP contribution in [0.2, 0.25) is 0 Å². The van der Waals surface area contributed by atoms with Crippen molar-refractivity contribution in [2.75, 3.05) is 13.7 Å². The second kappa shape index (κ2) is 6.90. The van der Waals surface area contributed by atoms with Gasteiger partial charge in [0.05, 0.1) is 29.5 Å². The number of hydrogen-bond donors (Lipinski definition) is 1. The number of hydrogen-bond acceptors (Lipinski definition) is 3. The summed E-state index contributed by atoms with van der Waals surface area (Å²) >= 11 is 3.61. The van der Waals surface area contributed by atoms with Crippen LogP contribution in [-0.2, 0) is 6.54 Å². The van der Waals surface area contributed by atoms with Crippen LogP contribution in [0, 0.1) is 0 Å². The summed E-state index contributed by atoms with van der Waals surface area (Å²) in [5.41, 5.74) is 2.24. The predicted molar refractivity (Wildman–Crippen MR) is 84.1 cm³/mol. The molecule has 1 unspecified atom stereocenters. The quantitative estimate of drug-likeness (QED) is 0.878. The number of aromatic nitrogens is 2. The maximum absolute atomic E-state index is 5.50. The normalized spacial score (nSPS) is 12.4. The van der Waals surface area contributed by atoms with Gasteiger partial charge in [0.25, 0.3) is 0 Å². The third kappa shape index (κ3) is 2.88. The Bertz CT molecular complexity index is 568. The summed E-state index contributed by atoms with van der Waals surface area (Å²) < 4.78 is 8.51. The Balaban J connectivity index is 2.53. The monoisotopic (exact) mass is 337 g/mol. The Morgan fingerprint density at radius 1 is 1.35 bits per heavy atom. The van der Waals surface area contributed by atoms with E-state index in [-0.39, 0.29) is 6.04 Å². The maximum atomic E-state index is 5.50. The lowest BCUT2D eigenvalue weighted by atomic mass is 10.0. The van der Waals surface area contributed by atoms with E-state index in [0.717, 1.165) is 34.6 Å². The van der Waals surface area contributed by atoms with Crippen molar-refractivity contribution in [2.24, 2.45) is 0 Å².